The third-order valence-corrected chi connectivity index (χ3v) is 16.9. The van der Waals surface area contributed by atoms with Gasteiger partial charge in [0.05, 0.1) is 0 Å². The summed E-state index contributed by atoms with van der Waals surface area (Å²) in [6.07, 6.45) is 34.9. The summed E-state index contributed by atoms with van der Waals surface area (Å²) in [5.74, 6) is -1.14. The van der Waals surface area contributed by atoms with Crippen molar-refractivity contribution in [2.45, 2.75) is 168 Å². The maximum absolute atomic E-state index is 13.1. The molecule has 8 aromatic carbocycles. The molecule has 0 N–H and O–H groups in total. The van der Waals surface area contributed by atoms with Crippen molar-refractivity contribution >= 4 is 0 Å². The summed E-state index contributed by atoms with van der Waals surface area (Å²) in [5.41, 5.74) is 15.7. The van der Waals surface area contributed by atoms with Gasteiger partial charge in [-0.1, -0.05) is 226 Å². The average Bonchev–Trinajstić information content (AvgIpc) is 0.843. The van der Waals surface area contributed by atoms with E-state index in [9.17, 15) is 30.7 Å². The largest absolute Gasteiger partial charge is 0.236 e. The Bertz CT molecular complexity index is 4690. The fourth-order valence-corrected chi connectivity index (χ4v) is 10.9. The fraction of sp³-hybridized carbons (Fsp3) is 0.269. The van der Waals surface area contributed by atoms with Gasteiger partial charge in [0, 0.05) is 89.8 Å². The second kappa shape index (κ2) is 48.2. The Morgan fingerprint density at radius 1 is 0.191 bits per heavy atom. The standard InChI is InChI=1S/C21H21FN2.C20H19FN2.C19H17FN2.C15H16F2N2.C13H12F2N2.5CH4/c1-2-3-4-5-16-14-23-21(24-15-16)19-8-6-17(7-9-19)18-10-12-20(22)13-11-18;1-2-3-4-15-13-22-20(23-14-15)18-7-5-16(6-8-18)17-9-11-19(21)12-10-17;1-2-3-14-12-21-19(22-13-14)17-6-4-15(5-7-17)16-8-10-18(20)11-9-16;1-2-3-4-5-11-9-18-15(19-10-11)12-6-7-13(16)14(17)8-12;1-2-3-9-7-16-13(17-8-9)10-4-5-11(14)12(15)6-10;;;;;/h6-15H,2-5H2,1H3;5-14H,2-4H2,1H3;4-13H,2-3H2,1H3;6-10H,2-5H2,1H3;4-8H,2-3H2,1H3;5*1H4. The van der Waals surface area contributed by atoms with Crippen LogP contribution in [0, 0.1) is 40.7 Å². The molecule has 0 aliphatic heterocycles. The van der Waals surface area contributed by atoms with Crippen molar-refractivity contribution in [3.8, 4) is 90.3 Å². The summed E-state index contributed by atoms with van der Waals surface area (Å²) >= 11 is 0. The van der Waals surface area contributed by atoms with Gasteiger partial charge in [-0.25, -0.2) is 80.6 Å². The summed E-state index contributed by atoms with van der Waals surface area (Å²) in [7, 11) is 0. The van der Waals surface area contributed by atoms with E-state index in [2.05, 4.69) is 84.5 Å². The predicted molar refractivity (Wildman–Crippen MR) is 440 cm³/mol. The van der Waals surface area contributed by atoms with Gasteiger partial charge in [-0.2, -0.15) is 0 Å². The molecule has 0 atom stereocenters. The van der Waals surface area contributed by atoms with Gasteiger partial charge in [-0.05, 0) is 185 Å². The van der Waals surface area contributed by atoms with Gasteiger partial charge in [-0.15, -0.1) is 0 Å². The molecule has 0 aliphatic carbocycles. The summed E-state index contributed by atoms with van der Waals surface area (Å²) in [5, 5.41) is 0. The highest BCUT2D eigenvalue weighted by Gasteiger charge is 2.12. The molecule has 0 unspecified atom stereocenters. The van der Waals surface area contributed by atoms with Gasteiger partial charge >= 0.3 is 0 Å². The number of unbranched alkanes of at least 4 members (excludes halogenated alkanes) is 5. The first-order valence-corrected chi connectivity index (χ1v) is 35.7. The molecule has 0 saturated carbocycles. The zero-order valence-electron chi connectivity index (χ0n) is 59.8. The van der Waals surface area contributed by atoms with Crippen LogP contribution >= 0.6 is 0 Å². The predicted octanol–water partition coefficient (Wildman–Crippen LogP) is 26.6. The quantitative estimate of drug-likeness (QED) is 0.0451. The number of halogens is 7. The lowest BCUT2D eigenvalue weighted by atomic mass is 10.0. The van der Waals surface area contributed by atoms with Crippen molar-refractivity contribution < 1.29 is 30.7 Å². The lowest BCUT2D eigenvalue weighted by Gasteiger charge is -2.05. The van der Waals surface area contributed by atoms with E-state index >= 15 is 0 Å². The molecule has 0 fully saturated rings. The van der Waals surface area contributed by atoms with Crippen molar-refractivity contribution in [2.24, 2.45) is 0 Å². The Labute approximate surface area is 648 Å². The van der Waals surface area contributed by atoms with Crippen LogP contribution < -0.4 is 0 Å². The number of rotatable bonds is 23. The van der Waals surface area contributed by atoms with Crippen molar-refractivity contribution in [2.75, 3.05) is 0 Å². The third-order valence-electron chi connectivity index (χ3n) is 16.9. The Hall–Kier alpha value is -11.3. The molecule has 0 amide bonds. The molecule has 10 nitrogen and oxygen atoms in total. The number of hydrogen-bond acceptors (Lipinski definition) is 10. The first-order valence-electron chi connectivity index (χ1n) is 35.7. The third kappa shape index (κ3) is 28.3. The highest BCUT2D eigenvalue weighted by Crippen LogP contribution is 2.28. The number of nitrogens with zero attached hydrogens (tertiary/aromatic N) is 10. The molecule has 0 radical (unpaired) electrons. The van der Waals surface area contributed by atoms with E-state index in [-0.39, 0.29) is 54.6 Å². The molecule has 110 heavy (non-hydrogen) atoms. The van der Waals surface area contributed by atoms with Crippen LogP contribution in [0.4, 0.5) is 30.7 Å². The van der Waals surface area contributed by atoms with E-state index in [1.807, 2.05) is 110 Å². The van der Waals surface area contributed by atoms with E-state index in [1.165, 1.54) is 98.2 Å². The molecule has 17 heteroatoms. The van der Waals surface area contributed by atoms with Crippen molar-refractivity contribution in [3.63, 3.8) is 0 Å². The van der Waals surface area contributed by atoms with E-state index in [1.54, 1.807) is 61.2 Å². The Morgan fingerprint density at radius 3 is 0.600 bits per heavy atom. The second-order valence-electron chi connectivity index (χ2n) is 25.1. The minimum absolute atomic E-state index is 0. The molecular weight excluding hydrogens is 1390 g/mol. The van der Waals surface area contributed by atoms with Gasteiger partial charge in [0.2, 0.25) is 0 Å². The second-order valence-corrected chi connectivity index (χ2v) is 25.1. The lowest BCUT2D eigenvalue weighted by molar-refractivity contribution is 0.509. The van der Waals surface area contributed by atoms with Crippen LogP contribution in [0.25, 0.3) is 90.3 Å². The van der Waals surface area contributed by atoms with Crippen LogP contribution in [-0.2, 0) is 32.1 Å². The maximum atomic E-state index is 13.1. The van der Waals surface area contributed by atoms with Crippen LogP contribution in [0.5, 0.6) is 0 Å². The van der Waals surface area contributed by atoms with Crippen LogP contribution in [0.2, 0.25) is 0 Å². The first kappa shape index (κ1) is 91.1. The minimum Gasteiger partial charge on any atom is -0.236 e. The van der Waals surface area contributed by atoms with Crippen LogP contribution in [-0.4, -0.2) is 49.8 Å². The molecule has 5 aromatic heterocycles. The molecule has 13 aromatic rings. The van der Waals surface area contributed by atoms with E-state index in [4.69, 9.17) is 0 Å². The summed E-state index contributed by atoms with van der Waals surface area (Å²) in [6.45, 7) is 10.8. The summed E-state index contributed by atoms with van der Waals surface area (Å²) in [4.78, 5) is 43.4. The smallest absolute Gasteiger partial charge is 0.159 e. The Balaban J connectivity index is 0.000000288. The maximum Gasteiger partial charge on any atom is 0.159 e. The van der Waals surface area contributed by atoms with Gasteiger partial charge < -0.3 is 0 Å². The van der Waals surface area contributed by atoms with Crippen molar-refractivity contribution in [3.05, 3.63) is 312 Å². The zero-order valence-corrected chi connectivity index (χ0v) is 59.8. The topological polar surface area (TPSA) is 129 Å². The van der Waals surface area contributed by atoms with Crippen LogP contribution in [0.3, 0.4) is 0 Å². The van der Waals surface area contributed by atoms with Crippen LogP contribution in [0.15, 0.2) is 244 Å². The molecule has 5 heterocycles. The number of aryl methyl sites for hydroxylation is 5. The van der Waals surface area contributed by atoms with Crippen molar-refractivity contribution in [1.82, 2.24) is 49.8 Å². The van der Waals surface area contributed by atoms with Gasteiger partial charge in [0.15, 0.2) is 52.4 Å². The van der Waals surface area contributed by atoms with Gasteiger partial charge in [0.25, 0.3) is 0 Å². The highest BCUT2D eigenvalue weighted by atomic mass is 19.2. The molecule has 0 aliphatic rings. The van der Waals surface area contributed by atoms with Gasteiger partial charge in [-0.3, -0.25) is 0 Å². The SMILES string of the molecule is C.C.C.C.C.CCCCCc1cnc(-c2ccc(-c3ccc(F)cc3)cc2)nc1.CCCCCc1cnc(-c2ccc(F)c(F)c2)nc1.CCCCc1cnc(-c2ccc(-c3ccc(F)cc3)cc2)nc1.CCCc1cnc(-c2ccc(-c3ccc(F)cc3)cc2)nc1.CCCc1cnc(-c2ccc(F)c(F)c2)nc1. The van der Waals surface area contributed by atoms with Crippen molar-refractivity contribution in [1.29, 1.82) is 0 Å². The zero-order chi connectivity index (χ0) is 74.1. The Kier molecular flexibility index (Phi) is 39.9. The first-order chi connectivity index (χ1) is 51.2. The highest BCUT2D eigenvalue weighted by molar-refractivity contribution is 5.70. The van der Waals surface area contributed by atoms with E-state index in [0.29, 0.717) is 22.8 Å². The number of aromatic nitrogens is 10. The lowest BCUT2D eigenvalue weighted by Crippen LogP contribution is -1.94. The fourth-order valence-electron chi connectivity index (χ4n) is 10.9. The average molecular weight is 1500 g/mol. The Morgan fingerprint density at radius 2 is 0.382 bits per heavy atom. The summed E-state index contributed by atoms with van der Waals surface area (Å²) < 4.78 is 90.7. The normalized spacial score (nSPS) is 10.2. The summed E-state index contributed by atoms with van der Waals surface area (Å²) in [6, 6.07) is 50.9. The molecule has 0 bridgehead atoms. The molecule has 0 saturated heterocycles. The van der Waals surface area contributed by atoms with Gasteiger partial charge in [0.1, 0.15) is 17.5 Å². The molecule has 576 valence electrons. The molecular formula is C93H105F7N10. The number of benzene rings is 8. The molecule has 0 spiro atoms. The number of hydrogen-bond donors (Lipinski definition) is 0. The van der Waals surface area contributed by atoms with E-state index in [0.717, 1.165) is 166 Å². The minimum atomic E-state index is -0.885. The van der Waals surface area contributed by atoms with E-state index < -0.39 is 23.3 Å². The van der Waals surface area contributed by atoms with Crippen LogP contribution in [0.1, 0.15) is 164 Å². The molecule has 13 rings (SSSR count). The monoisotopic (exact) mass is 1490 g/mol.